The first-order chi connectivity index (χ1) is 9.49. The van der Waals surface area contributed by atoms with Gasteiger partial charge in [0, 0.05) is 52.4 Å². The summed E-state index contributed by atoms with van der Waals surface area (Å²) in [6.07, 6.45) is 0. The van der Waals surface area contributed by atoms with Gasteiger partial charge in [-0.25, -0.2) is 12.7 Å². The number of carbonyl (C=O) groups is 1. The van der Waals surface area contributed by atoms with Crippen LogP contribution in [0.2, 0.25) is 0 Å². The number of nitrogens with zero attached hydrogens (tertiary/aromatic N) is 2. The molecule has 1 amide bonds. The van der Waals surface area contributed by atoms with E-state index in [1.165, 1.54) is 4.31 Å². The van der Waals surface area contributed by atoms with E-state index in [0.717, 1.165) is 32.7 Å². The van der Waals surface area contributed by atoms with E-state index in [2.05, 4.69) is 15.5 Å². The molecule has 0 atom stereocenters. The molecule has 1 fully saturated rings. The Labute approximate surface area is 133 Å². The molecular weight excluding hydrogens is 316 g/mol. The van der Waals surface area contributed by atoms with E-state index in [-0.39, 0.29) is 12.4 Å². The lowest BCUT2D eigenvalue weighted by molar-refractivity contribution is -0.118. The van der Waals surface area contributed by atoms with E-state index in [9.17, 15) is 13.2 Å². The molecule has 0 saturated carbocycles. The first kappa shape index (κ1) is 20.6. The maximum atomic E-state index is 11.9. The van der Waals surface area contributed by atoms with E-state index in [0.29, 0.717) is 19.6 Å². The van der Waals surface area contributed by atoms with Crippen molar-refractivity contribution in [3.63, 3.8) is 0 Å². The average molecular weight is 343 g/mol. The van der Waals surface area contributed by atoms with Crippen molar-refractivity contribution in [2.24, 2.45) is 0 Å². The largest absolute Gasteiger partial charge is 0.354 e. The monoisotopic (exact) mass is 342 g/mol. The molecular formula is C12H27ClN4O3S. The Hall–Kier alpha value is -0.410. The van der Waals surface area contributed by atoms with Crippen molar-refractivity contribution in [1.29, 1.82) is 0 Å². The van der Waals surface area contributed by atoms with Gasteiger partial charge in [-0.05, 0) is 0 Å². The molecule has 7 nitrogen and oxygen atoms in total. The summed E-state index contributed by atoms with van der Waals surface area (Å²) >= 11 is 0. The SMILES string of the molecule is CCN(CC)S(=O)(=O)CC(=O)NCCN1CCNCC1.Cl. The van der Waals surface area contributed by atoms with E-state index < -0.39 is 21.7 Å². The van der Waals surface area contributed by atoms with Gasteiger partial charge in [0.05, 0.1) is 0 Å². The zero-order valence-corrected chi connectivity index (χ0v) is 14.4. The van der Waals surface area contributed by atoms with Gasteiger partial charge in [-0.1, -0.05) is 13.8 Å². The molecule has 0 aromatic rings. The summed E-state index contributed by atoms with van der Waals surface area (Å²) in [6, 6.07) is 0. The molecule has 0 aliphatic carbocycles. The molecule has 1 rings (SSSR count). The quantitative estimate of drug-likeness (QED) is 0.597. The van der Waals surface area contributed by atoms with Gasteiger partial charge in [0.2, 0.25) is 15.9 Å². The molecule has 0 bridgehead atoms. The topological polar surface area (TPSA) is 81.8 Å². The van der Waals surface area contributed by atoms with Gasteiger partial charge >= 0.3 is 0 Å². The second-order valence-electron chi connectivity index (χ2n) is 4.78. The predicted octanol–water partition coefficient (Wildman–Crippen LogP) is -0.899. The van der Waals surface area contributed by atoms with Gasteiger partial charge in [-0.3, -0.25) is 9.69 Å². The molecule has 1 saturated heterocycles. The Morgan fingerprint density at radius 3 is 2.33 bits per heavy atom. The minimum absolute atomic E-state index is 0. The summed E-state index contributed by atoms with van der Waals surface area (Å²) < 4.78 is 25.1. The Bertz CT molecular complexity index is 395. The molecule has 0 aromatic heterocycles. The zero-order valence-electron chi connectivity index (χ0n) is 12.8. The van der Waals surface area contributed by atoms with Crippen molar-refractivity contribution in [3.05, 3.63) is 0 Å². The molecule has 0 aromatic carbocycles. The highest BCUT2D eigenvalue weighted by Crippen LogP contribution is 2.00. The lowest BCUT2D eigenvalue weighted by Gasteiger charge is -2.27. The summed E-state index contributed by atoms with van der Waals surface area (Å²) in [5, 5.41) is 5.94. The zero-order chi connectivity index (χ0) is 15.0. The van der Waals surface area contributed by atoms with Crippen molar-refractivity contribution < 1.29 is 13.2 Å². The number of carbonyl (C=O) groups excluding carboxylic acids is 1. The molecule has 9 heteroatoms. The third kappa shape index (κ3) is 7.42. The number of nitrogens with one attached hydrogen (secondary N) is 2. The standard InChI is InChI=1S/C12H26N4O3S.ClH/c1-3-16(4-2)20(18,19)11-12(17)14-7-10-15-8-5-13-6-9-15;/h13H,3-11H2,1-2H3,(H,14,17);1H. The van der Waals surface area contributed by atoms with E-state index in [4.69, 9.17) is 0 Å². The van der Waals surface area contributed by atoms with Crippen LogP contribution in [-0.2, 0) is 14.8 Å². The first-order valence-electron chi connectivity index (χ1n) is 7.17. The Kier molecular flexibility index (Phi) is 10.1. The van der Waals surface area contributed by atoms with Crippen LogP contribution >= 0.6 is 12.4 Å². The molecule has 0 unspecified atom stereocenters. The number of halogens is 1. The molecule has 1 aliphatic rings. The Morgan fingerprint density at radius 2 is 1.81 bits per heavy atom. The maximum Gasteiger partial charge on any atom is 0.236 e. The van der Waals surface area contributed by atoms with Gasteiger partial charge in [0.1, 0.15) is 5.75 Å². The van der Waals surface area contributed by atoms with E-state index in [1.807, 2.05) is 0 Å². The number of amides is 1. The van der Waals surface area contributed by atoms with Crippen LogP contribution in [0.5, 0.6) is 0 Å². The summed E-state index contributed by atoms with van der Waals surface area (Å²) in [7, 11) is -3.48. The van der Waals surface area contributed by atoms with E-state index >= 15 is 0 Å². The Balaban J connectivity index is 0.00000400. The number of piperazine rings is 1. The van der Waals surface area contributed by atoms with Gasteiger partial charge in [-0.15, -0.1) is 12.4 Å². The maximum absolute atomic E-state index is 11.9. The summed E-state index contributed by atoms with van der Waals surface area (Å²) in [5.74, 6) is -0.886. The van der Waals surface area contributed by atoms with Crippen molar-refractivity contribution in [3.8, 4) is 0 Å². The Morgan fingerprint density at radius 1 is 1.24 bits per heavy atom. The lowest BCUT2D eigenvalue weighted by Crippen LogP contribution is -2.47. The molecule has 0 spiro atoms. The summed E-state index contributed by atoms with van der Waals surface area (Å²) in [5.41, 5.74) is 0. The van der Waals surface area contributed by atoms with Gasteiger partial charge in [-0.2, -0.15) is 0 Å². The summed E-state index contributed by atoms with van der Waals surface area (Å²) in [6.45, 7) is 9.44. The van der Waals surface area contributed by atoms with Crippen LogP contribution in [-0.4, -0.2) is 81.6 Å². The van der Waals surface area contributed by atoms with Crippen molar-refractivity contribution >= 4 is 28.3 Å². The van der Waals surface area contributed by atoms with Crippen LogP contribution in [0.25, 0.3) is 0 Å². The van der Waals surface area contributed by atoms with Crippen LogP contribution < -0.4 is 10.6 Å². The fourth-order valence-electron chi connectivity index (χ4n) is 2.21. The summed E-state index contributed by atoms with van der Waals surface area (Å²) in [4.78, 5) is 13.9. The van der Waals surface area contributed by atoms with Gasteiger partial charge < -0.3 is 10.6 Å². The number of hydrogen-bond donors (Lipinski definition) is 2. The number of sulfonamides is 1. The third-order valence-corrected chi connectivity index (χ3v) is 5.30. The molecule has 2 N–H and O–H groups in total. The fourth-order valence-corrected chi connectivity index (χ4v) is 3.62. The van der Waals surface area contributed by atoms with Crippen LogP contribution in [0.1, 0.15) is 13.8 Å². The van der Waals surface area contributed by atoms with Crippen LogP contribution in [0.15, 0.2) is 0 Å². The van der Waals surface area contributed by atoms with Gasteiger partial charge in [0.25, 0.3) is 0 Å². The van der Waals surface area contributed by atoms with Crippen LogP contribution in [0.3, 0.4) is 0 Å². The second-order valence-corrected chi connectivity index (χ2v) is 6.75. The molecule has 1 aliphatic heterocycles. The minimum atomic E-state index is -3.48. The number of hydrogen-bond acceptors (Lipinski definition) is 5. The fraction of sp³-hybridized carbons (Fsp3) is 0.917. The molecule has 21 heavy (non-hydrogen) atoms. The lowest BCUT2D eigenvalue weighted by atomic mass is 10.3. The number of rotatable bonds is 8. The average Bonchev–Trinajstić information content (AvgIpc) is 2.40. The third-order valence-electron chi connectivity index (χ3n) is 3.37. The van der Waals surface area contributed by atoms with Crippen LogP contribution in [0.4, 0.5) is 0 Å². The van der Waals surface area contributed by atoms with Gasteiger partial charge in [0.15, 0.2) is 0 Å². The molecule has 0 radical (unpaired) electrons. The van der Waals surface area contributed by atoms with Crippen molar-refractivity contribution in [2.75, 3.05) is 58.1 Å². The van der Waals surface area contributed by atoms with Crippen LogP contribution in [0, 0.1) is 0 Å². The minimum Gasteiger partial charge on any atom is -0.354 e. The highest BCUT2D eigenvalue weighted by Gasteiger charge is 2.22. The molecule has 126 valence electrons. The second kappa shape index (κ2) is 10.3. The predicted molar refractivity (Wildman–Crippen MR) is 86.3 cm³/mol. The van der Waals surface area contributed by atoms with Crippen molar-refractivity contribution in [1.82, 2.24) is 19.8 Å². The smallest absolute Gasteiger partial charge is 0.236 e. The van der Waals surface area contributed by atoms with E-state index in [1.54, 1.807) is 13.8 Å². The van der Waals surface area contributed by atoms with Crippen molar-refractivity contribution in [2.45, 2.75) is 13.8 Å². The first-order valence-corrected chi connectivity index (χ1v) is 8.78. The molecule has 1 heterocycles. The highest BCUT2D eigenvalue weighted by atomic mass is 35.5. The normalized spacial score (nSPS) is 16.5. The highest BCUT2D eigenvalue weighted by molar-refractivity contribution is 7.89.